The Balaban J connectivity index is 1.63. The summed E-state index contributed by atoms with van der Waals surface area (Å²) in [5.41, 5.74) is 1.10. The number of benzene rings is 1. The van der Waals surface area contributed by atoms with Crippen LogP contribution < -0.4 is 0 Å². The minimum Gasteiger partial charge on any atom is -0.326 e. The molecule has 36 heavy (non-hydrogen) atoms. The zero-order valence-electron chi connectivity index (χ0n) is 19.6. The van der Waals surface area contributed by atoms with Crippen molar-refractivity contribution in [1.82, 2.24) is 24.1 Å². The number of carbonyl (C=O) groups is 1. The fraction of sp³-hybridized carbons (Fsp3) is 0.320. The van der Waals surface area contributed by atoms with Crippen LogP contribution in [0.3, 0.4) is 0 Å². The van der Waals surface area contributed by atoms with E-state index >= 15 is 0 Å². The quantitative estimate of drug-likeness (QED) is 0.268. The third-order valence-electron chi connectivity index (χ3n) is 6.65. The van der Waals surface area contributed by atoms with Crippen molar-refractivity contribution in [2.24, 2.45) is 7.05 Å². The molecular weight excluding hydrogens is 481 g/mol. The van der Waals surface area contributed by atoms with Crippen LogP contribution in [-0.2, 0) is 13.5 Å². The standard InChI is InChI=1S/C25H22F5N5O/c1-4-17-20-14(22(33(3)32-20)13-10-15(26)19(28)16(27)11-13)9-12(2)35(17)25(36)23-21(24(29)30)31-18-7-5-6-8-34(18)23/h5-8,10-12,17,24H,4,9H2,1-3H3. The molecule has 0 bridgehead atoms. The molecular formula is C25H22F5N5O. The predicted octanol–water partition coefficient (Wildman–Crippen LogP) is 5.63. The summed E-state index contributed by atoms with van der Waals surface area (Å²) in [6.07, 6.45) is -0.780. The summed E-state index contributed by atoms with van der Waals surface area (Å²) >= 11 is 0. The largest absolute Gasteiger partial charge is 0.326 e. The molecule has 2 atom stereocenters. The maximum absolute atomic E-state index is 14.0. The highest BCUT2D eigenvalue weighted by atomic mass is 19.3. The molecule has 4 heterocycles. The maximum Gasteiger partial charge on any atom is 0.282 e. The number of fused-ring (bicyclic) bond motifs is 2. The average molecular weight is 503 g/mol. The molecule has 1 aliphatic heterocycles. The van der Waals surface area contributed by atoms with E-state index in [0.29, 0.717) is 23.4 Å². The van der Waals surface area contributed by atoms with Gasteiger partial charge >= 0.3 is 0 Å². The molecule has 0 fully saturated rings. The minimum absolute atomic E-state index is 0.117. The van der Waals surface area contributed by atoms with Crippen molar-refractivity contribution < 1.29 is 26.7 Å². The van der Waals surface area contributed by atoms with Gasteiger partial charge in [-0.2, -0.15) is 5.10 Å². The first-order valence-corrected chi connectivity index (χ1v) is 11.4. The Morgan fingerprint density at radius 1 is 1.17 bits per heavy atom. The number of rotatable bonds is 4. The fourth-order valence-electron chi connectivity index (χ4n) is 5.18. The van der Waals surface area contributed by atoms with Crippen LogP contribution in [0.4, 0.5) is 22.0 Å². The van der Waals surface area contributed by atoms with E-state index in [4.69, 9.17) is 0 Å². The molecule has 0 saturated heterocycles. The van der Waals surface area contributed by atoms with Gasteiger partial charge in [0.25, 0.3) is 12.3 Å². The number of amides is 1. The molecule has 1 amide bonds. The number of halogens is 5. The molecule has 3 aromatic heterocycles. The average Bonchev–Trinajstić information content (AvgIpc) is 3.38. The van der Waals surface area contributed by atoms with E-state index < -0.39 is 47.6 Å². The summed E-state index contributed by atoms with van der Waals surface area (Å²) in [5, 5.41) is 4.54. The topological polar surface area (TPSA) is 55.4 Å². The number of hydrogen-bond acceptors (Lipinski definition) is 3. The molecule has 0 radical (unpaired) electrons. The number of alkyl halides is 2. The zero-order chi connectivity index (χ0) is 25.9. The second kappa shape index (κ2) is 8.72. The van der Waals surface area contributed by atoms with Crippen molar-refractivity contribution in [2.75, 3.05) is 0 Å². The molecule has 4 aromatic rings. The van der Waals surface area contributed by atoms with Crippen molar-refractivity contribution in [3.8, 4) is 11.3 Å². The number of hydrogen-bond donors (Lipinski definition) is 0. The van der Waals surface area contributed by atoms with Gasteiger partial charge in [-0.05, 0) is 44.0 Å². The van der Waals surface area contributed by atoms with E-state index in [-0.39, 0.29) is 23.3 Å². The number of imidazole rings is 1. The van der Waals surface area contributed by atoms with Gasteiger partial charge in [0.05, 0.1) is 17.4 Å². The molecule has 5 rings (SSSR count). The highest BCUT2D eigenvalue weighted by Gasteiger charge is 2.41. The summed E-state index contributed by atoms with van der Waals surface area (Å²) in [4.78, 5) is 19.3. The first-order valence-electron chi connectivity index (χ1n) is 11.4. The monoisotopic (exact) mass is 503 g/mol. The lowest BCUT2D eigenvalue weighted by Crippen LogP contribution is -2.46. The number of nitrogens with zero attached hydrogens (tertiary/aromatic N) is 5. The lowest BCUT2D eigenvalue weighted by atomic mass is 9.89. The lowest BCUT2D eigenvalue weighted by molar-refractivity contribution is 0.0526. The van der Waals surface area contributed by atoms with E-state index in [1.54, 1.807) is 32.2 Å². The third kappa shape index (κ3) is 3.56. The first kappa shape index (κ1) is 24.0. The van der Waals surface area contributed by atoms with Crippen LogP contribution in [0.25, 0.3) is 16.9 Å². The van der Waals surface area contributed by atoms with Gasteiger partial charge in [-0.25, -0.2) is 26.9 Å². The molecule has 0 spiro atoms. The minimum atomic E-state index is -2.95. The van der Waals surface area contributed by atoms with E-state index in [1.165, 1.54) is 20.2 Å². The van der Waals surface area contributed by atoms with Gasteiger partial charge < -0.3 is 4.90 Å². The number of aryl methyl sites for hydroxylation is 1. The van der Waals surface area contributed by atoms with E-state index in [1.807, 2.05) is 6.92 Å². The second-order valence-electron chi connectivity index (χ2n) is 8.85. The maximum atomic E-state index is 14.0. The summed E-state index contributed by atoms with van der Waals surface area (Å²) in [7, 11) is 1.59. The van der Waals surface area contributed by atoms with Crippen LogP contribution in [0, 0.1) is 17.5 Å². The molecule has 0 saturated carbocycles. The van der Waals surface area contributed by atoms with Gasteiger partial charge in [-0.3, -0.25) is 13.9 Å². The Bertz CT molecular complexity index is 1470. The fourth-order valence-corrected chi connectivity index (χ4v) is 5.18. The first-order chi connectivity index (χ1) is 17.1. The molecule has 0 N–H and O–H groups in total. The predicted molar refractivity (Wildman–Crippen MR) is 121 cm³/mol. The van der Waals surface area contributed by atoms with Gasteiger partial charge in [0.2, 0.25) is 0 Å². The number of carbonyl (C=O) groups excluding carboxylic acids is 1. The van der Waals surface area contributed by atoms with Crippen molar-refractivity contribution in [1.29, 1.82) is 0 Å². The van der Waals surface area contributed by atoms with Gasteiger partial charge in [0, 0.05) is 30.4 Å². The molecule has 2 unspecified atom stereocenters. The van der Waals surface area contributed by atoms with Crippen LogP contribution >= 0.6 is 0 Å². The van der Waals surface area contributed by atoms with Crippen LogP contribution in [0.15, 0.2) is 36.5 Å². The van der Waals surface area contributed by atoms with Crippen molar-refractivity contribution in [3.63, 3.8) is 0 Å². The van der Waals surface area contributed by atoms with Crippen LogP contribution in [0.2, 0.25) is 0 Å². The summed E-state index contributed by atoms with van der Waals surface area (Å²) < 4.78 is 72.2. The summed E-state index contributed by atoms with van der Waals surface area (Å²) in [5.74, 6) is -4.81. The Kier molecular flexibility index (Phi) is 5.80. The number of pyridine rings is 1. The van der Waals surface area contributed by atoms with Crippen molar-refractivity contribution >= 4 is 11.6 Å². The van der Waals surface area contributed by atoms with Crippen LogP contribution in [-0.4, -0.2) is 36.0 Å². The van der Waals surface area contributed by atoms with E-state index in [9.17, 15) is 26.7 Å². The highest BCUT2D eigenvalue weighted by molar-refractivity contribution is 5.95. The van der Waals surface area contributed by atoms with E-state index in [0.717, 1.165) is 12.1 Å². The molecule has 1 aliphatic rings. The Hall–Kier alpha value is -3.76. The molecule has 1 aromatic carbocycles. The third-order valence-corrected chi connectivity index (χ3v) is 6.65. The van der Waals surface area contributed by atoms with Gasteiger partial charge in [-0.15, -0.1) is 0 Å². The van der Waals surface area contributed by atoms with E-state index in [2.05, 4.69) is 10.1 Å². The second-order valence-corrected chi connectivity index (χ2v) is 8.85. The molecule has 0 aliphatic carbocycles. The van der Waals surface area contributed by atoms with Gasteiger partial charge in [0.15, 0.2) is 17.5 Å². The SMILES string of the molecule is CCC1c2nn(C)c(-c3cc(F)c(F)c(F)c3)c2CC(C)N1C(=O)c1c(C(F)F)nc2ccccn12. The highest BCUT2D eigenvalue weighted by Crippen LogP contribution is 2.41. The van der Waals surface area contributed by atoms with Gasteiger partial charge in [0.1, 0.15) is 17.0 Å². The smallest absolute Gasteiger partial charge is 0.282 e. The summed E-state index contributed by atoms with van der Waals surface area (Å²) in [6.45, 7) is 3.61. The van der Waals surface area contributed by atoms with Gasteiger partial charge in [-0.1, -0.05) is 13.0 Å². The molecule has 188 valence electrons. The zero-order valence-corrected chi connectivity index (χ0v) is 19.6. The Morgan fingerprint density at radius 2 is 1.86 bits per heavy atom. The lowest BCUT2D eigenvalue weighted by Gasteiger charge is -2.39. The molecule has 11 heteroatoms. The summed E-state index contributed by atoms with van der Waals surface area (Å²) in [6, 6.07) is 5.58. The Labute approximate surface area is 203 Å². The van der Waals surface area contributed by atoms with Crippen molar-refractivity contribution in [2.45, 2.75) is 45.2 Å². The molecule has 6 nitrogen and oxygen atoms in total. The normalized spacial score (nSPS) is 17.8. The van der Waals surface area contributed by atoms with Crippen LogP contribution in [0.1, 0.15) is 60.2 Å². The Morgan fingerprint density at radius 3 is 2.50 bits per heavy atom. The van der Waals surface area contributed by atoms with Crippen molar-refractivity contribution in [3.05, 3.63) is 76.6 Å². The van der Waals surface area contributed by atoms with Crippen LogP contribution in [0.5, 0.6) is 0 Å². The number of aromatic nitrogens is 4.